The van der Waals surface area contributed by atoms with Crippen LogP contribution in [-0.4, -0.2) is 103 Å². The van der Waals surface area contributed by atoms with Gasteiger partial charge in [-0.05, 0) is 136 Å². The van der Waals surface area contributed by atoms with Crippen LogP contribution in [0.5, 0.6) is 17.2 Å². The van der Waals surface area contributed by atoms with Gasteiger partial charge < -0.3 is 35.2 Å². The highest BCUT2D eigenvalue weighted by Gasteiger charge is 2.56. The van der Waals surface area contributed by atoms with E-state index in [1.807, 2.05) is 17.0 Å². The second-order valence-electron chi connectivity index (χ2n) is 18.5. The van der Waals surface area contributed by atoms with Crippen molar-refractivity contribution in [1.82, 2.24) is 20.1 Å². The van der Waals surface area contributed by atoms with E-state index in [0.29, 0.717) is 78.3 Å². The fourth-order valence-electron chi connectivity index (χ4n) is 9.93. The molecule has 10 rings (SSSR count). The van der Waals surface area contributed by atoms with E-state index >= 15 is 4.39 Å². The number of fused-ring (bicyclic) bond motifs is 2. The third-order valence-electron chi connectivity index (χ3n) is 14.2. The molecule has 0 bridgehead atoms. The normalized spacial score (nSPS) is 19.3. The first kappa shape index (κ1) is 45.4. The Hall–Kier alpha value is -7.40. The van der Waals surface area contributed by atoms with Crippen LogP contribution in [0.2, 0.25) is 0 Å². The second-order valence-corrected chi connectivity index (χ2v) is 18.5. The molecule has 4 fully saturated rings. The number of ether oxygens (including phenoxy) is 2. The molecule has 17 heteroatoms. The van der Waals surface area contributed by atoms with Crippen LogP contribution in [0.25, 0.3) is 10.9 Å². The molecule has 4 aromatic carbocycles. The number of amides is 5. The number of halogens is 2. The summed E-state index contributed by atoms with van der Waals surface area (Å²) in [4.78, 5) is 77.8. The Morgan fingerprint density at radius 1 is 0.783 bits per heavy atom. The summed E-state index contributed by atoms with van der Waals surface area (Å²) in [5, 5.41) is 8.98. The number of nitrogens with zero attached hydrogens (tertiary/aromatic N) is 5. The molecule has 69 heavy (non-hydrogen) atoms. The third kappa shape index (κ3) is 9.05. The second kappa shape index (κ2) is 18.6. The van der Waals surface area contributed by atoms with Gasteiger partial charge in [0.1, 0.15) is 40.3 Å². The Morgan fingerprint density at radius 3 is 2.06 bits per heavy atom. The molecule has 1 saturated carbocycles. The van der Waals surface area contributed by atoms with E-state index in [1.54, 1.807) is 43.6 Å². The number of imide groups is 1. The SMILES string of the molecule is C=C1CCC(N2C(=O)c3cc(F)c(N4CCN(CCC5CCN(c6cc7nccc(Oc8ccc(NC(=O)C9(C(=O)Nc%10ccc(F)cc%10)CC9)cc8)c7cc6OC)CC5)CC4)cc3C2=O)C(=O)N1. The number of piperazine rings is 1. The average molecular weight is 939 g/mol. The molecule has 3 N–H and O–H groups in total. The van der Waals surface area contributed by atoms with Crippen molar-refractivity contribution in [2.75, 3.05) is 73.4 Å². The van der Waals surface area contributed by atoms with Crippen LogP contribution in [0.4, 0.5) is 31.5 Å². The summed E-state index contributed by atoms with van der Waals surface area (Å²) in [5.41, 5.74) is 2.43. The predicted octanol–water partition coefficient (Wildman–Crippen LogP) is 7.49. The van der Waals surface area contributed by atoms with Crippen molar-refractivity contribution in [3.05, 3.63) is 120 Å². The van der Waals surface area contributed by atoms with E-state index < -0.39 is 52.6 Å². The zero-order chi connectivity index (χ0) is 48.0. The first-order chi connectivity index (χ1) is 33.4. The van der Waals surface area contributed by atoms with E-state index in [1.165, 1.54) is 30.3 Å². The lowest BCUT2D eigenvalue weighted by molar-refractivity contribution is -0.131. The molecular weight excluding hydrogens is 887 g/mol. The summed E-state index contributed by atoms with van der Waals surface area (Å²) in [6.07, 6.45) is 6.34. The minimum Gasteiger partial charge on any atom is -0.495 e. The van der Waals surface area contributed by atoms with Gasteiger partial charge >= 0.3 is 0 Å². The zero-order valence-electron chi connectivity index (χ0n) is 38.2. The molecule has 15 nitrogen and oxygen atoms in total. The van der Waals surface area contributed by atoms with Gasteiger partial charge in [0, 0.05) is 67.9 Å². The van der Waals surface area contributed by atoms with Crippen LogP contribution >= 0.6 is 0 Å². The summed E-state index contributed by atoms with van der Waals surface area (Å²) < 4.78 is 41.1. The number of allylic oxidation sites excluding steroid dienone is 1. The number of carbonyl (C=O) groups is 5. The predicted molar refractivity (Wildman–Crippen MR) is 256 cm³/mol. The molecule has 1 aliphatic carbocycles. The zero-order valence-corrected chi connectivity index (χ0v) is 38.2. The van der Waals surface area contributed by atoms with Crippen LogP contribution in [0.3, 0.4) is 0 Å². The van der Waals surface area contributed by atoms with Gasteiger partial charge in [0.25, 0.3) is 11.8 Å². The average Bonchev–Trinajstić information content (AvgIpc) is 4.14. The molecule has 356 valence electrons. The van der Waals surface area contributed by atoms with Crippen molar-refractivity contribution in [2.24, 2.45) is 11.3 Å². The monoisotopic (exact) mass is 938 g/mol. The highest BCUT2D eigenvalue weighted by Crippen LogP contribution is 2.48. The summed E-state index contributed by atoms with van der Waals surface area (Å²) >= 11 is 0. The lowest BCUT2D eigenvalue weighted by atomic mass is 9.92. The number of aromatic nitrogens is 1. The summed E-state index contributed by atoms with van der Waals surface area (Å²) in [6, 6.07) is 19.8. The molecule has 0 spiro atoms. The van der Waals surface area contributed by atoms with Gasteiger partial charge in [-0.25, -0.2) is 8.78 Å². The standard InChI is InChI=1S/C52H52F2N8O7/c1-31-3-12-42(47(63)56-31)62-48(64)37-27-40(54)43(28-38(37)49(62)65)61-25-23-59(24-26-61)20-14-32-15-21-60(22-16-32)44-30-41-39(29-46(44)68-2)45(13-19-55-41)69-36-10-8-35(9-11-36)58-51(67)52(17-18-52)50(66)57-34-6-4-33(53)5-7-34/h4-11,13,19,27-30,32,42H,1,3,12,14-18,20-26H2,2H3,(H,56,63)(H,57,66)(H,58,67). The Kier molecular flexibility index (Phi) is 12.2. The van der Waals surface area contributed by atoms with Gasteiger partial charge in [-0.3, -0.25) is 38.8 Å². The molecule has 5 aliphatic rings. The van der Waals surface area contributed by atoms with Crippen LogP contribution in [0.1, 0.15) is 65.7 Å². The number of hydrogen-bond donors (Lipinski definition) is 3. The number of nitrogens with one attached hydrogen (secondary N) is 3. The molecule has 5 amide bonds. The van der Waals surface area contributed by atoms with Crippen LogP contribution in [0.15, 0.2) is 97.3 Å². The van der Waals surface area contributed by atoms with Gasteiger partial charge in [-0.15, -0.1) is 0 Å². The topological polar surface area (TPSA) is 166 Å². The van der Waals surface area contributed by atoms with Crippen molar-refractivity contribution < 1.29 is 42.2 Å². The Labute approximate surface area is 397 Å². The smallest absolute Gasteiger partial charge is 0.262 e. The fourth-order valence-corrected chi connectivity index (χ4v) is 9.93. The molecular formula is C52H52F2N8O7. The molecule has 1 aromatic heterocycles. The largest absolute Gasteiger partial charge is 0.495 e. The maximum atomic E-state index is 15.5. The molecule has 5 aromatic rings. The van der Waals surface area contributed by atoms with Crippen molar-refractivity contribution in [3.63, 3.8) is 0 Å². The van der Waals surface area contributed by atoms with Crippen molar-refractivity contribution in [2.45, 2.75) is 51.0 Å². The van der Waals surface area contributed by atoms with E-state index in [0.717, 1.165) is 79.5 Å². The minimum atomic E-state index is -1.18. The molecule has 5 heterocycles. The van der Waals surface area contributed by atoms with E-state index in [2.05, 4.69) is 37.3 Å². The number of pyridine rings is 1. The number of methoxy groups -OCH3 is 1. The number of carbonyl (C=O) groups excluding carboxylic acids is 5. The maximum absolute atomic E-state index is 15.5. The third-order valence-corrected chi connectivity index (χ3v) is 14.2. The Balaban J connectivity index is 0.705. The van der Waals surface area contributed by atoms with Crippen molar-refractivity contribution >= 4 is 63.2 Å². The van der Waals surface area contributed by atoms with E-state index in [-0.39, 0.29) is 17.5 Å². The number of benzene rings is 4. The number of hydrogen-bond acceptors (Lipinski definition) is 11. The van der Waals surface area contributed by atoms with Crippen LogP contribution in [-0.2, 0) is 14.4 Å². The molecule has 0 radical (unpaired) electrons. The Morgan fingerprint density at radius 2 is 1.42 bits per heavy atom. The first-order valence-corrected chi connectivity index (χ1v) is 23.4. The fraction of sp³-hybridized carbons (Fsp3) is 0.346. The van der Waals surface area contributed by atoms with Gasteiger partial charge in [0.2, 0.25) is 17.7 Å². The number of anilines is 4. The molecule has 4 aliphatic heterocycles. The number of rotatable bonds is 13. The summed E-state index contributed by atoms with van der Waals surface area (Å²) in [7, 11) is 1.66. The number of piperidine rings is 2. The van der Waals surface area contributed by atoms with E-state index in [4.69, 9.17) is 9.47 Å². The summed E-state index contributed by atoms with van der Waals surface area (Å²) in [6.45, 7) is 9.03. The van der Waals surface area contributed by atoms with Gasteiger partial charge in [-0.1, -0.05) is 6.58 Å². The van der Waals surface area contributed by atoms with Gasteiger partial charge in [-0.2, -0.15) is 0 Å². The lowest BCUT2D eigenvalue weighted by Gasteiger charge is -2.38. The highest BCUT2D eigenvalue weighted by molar-refractivity contribution is 6.23. The first-order valence-electron chi connectivity index (χ1n) is 23.4. The van der Waals surface area contributed by atoms with E-state index in [9.17, 15) is 28.4 Å². The Bertz CT molecular complexity index is 2880. The molecule has 1 atom stereocenters. The highest BCUT2D eigenvalue weighted by atomic mass is 19.1. The lowest BCUT2D eigenvalue weighted by Crippen LogP contribution is -2.51. The van der Waals surface area contributed by atoms with Crippen LogP contribution < -0.4 is 35.2 Å². The van der Waals surface area contributed by atoms with Gasteiger partial charge in [0.15, 0.2) is 0 Å². The summed E-state index contributed by atoms with van der Waals surface area (Å²) in [5.74, 6) is -1.11. The van der Waals surface area contributed by atoms with Crippen molar-refractivity contribution in [1.29, 1.82) is 0 Å². The van der Waals surface area contributed by atoms with Gasteiger partial charge in [0.05, 0.1) is 35.1 Å². The minimum absolute atomic E-state index is 0.0106. The molecule has 1 unspecified atom stereocenters. The van der Waals surface area contributed by atoms with Crippen molar-refractivity contribution in [3.8, 4) is 17.2 Å². The quantitative estimate of drug-likeness (QED) is 0.0792. The maximum Gasteiger partial charge on any atom is 0.262 e. The van der Waals surface area contributed by atoms with Crippen LogP contribution in [0, 0.1) is 23.0 Å². The molecule has 3 saturated heterocycles.